The summed E-state index contributed by atoms with van der Waals surface area (Å²) in [5.74, 6) is -3.96. The van der Waals surface area contributed by atoms with Crippen LogP contribution in [-0.2, 0) is 4.79 Å². The number of hydrogen-bond acceptors (Lipinski definition) is 2. The molecule has 0 bridgehead atoms. The Hall–Kier alpha value is -2.50. The van der Waals surface area contributed by atoms with E-state index in [1.54, 1.807) is 19.1 Å². The fraction of sp³-hybridized carbons (Fsp3) is 0.0714. The van der Waals surface area contributed by atoms with Gasteiger partial charge >= 0.3 is 0 Å². The number of carbonyl (C=O) groups excluding carboxylic acids is 1. The van der Waals surface area contributed by atoms with E-state index in [2.05, 4.69) is 5.32 Å². The first-order valence-corrected chi connectivity index (χ1v) is 5.66. The van der Waals surface area contributed by atoms with Crippen LogP contribution < -0.4 is 5.32 Å². The molecule has 0 aliphatic heterocycles. The smallest absolute Gasteiger partial charge is 0.248 e. The van der Waals surface area contributed by atoms with Gasteiger partial charge in [-0.05, 0) is 37.3 Å². The molecular weight excluding hydrogens is 271 g/mol. The Balaban J connectivity index is 2.09. The van der Waals surface area contributed by atoms with Crippen molar-refractivity contribution < 1.29 is 22.4 Å². The van der Waals surface area contributed by atoms with E-state index in [1.165, 1.54) is 6.08 Å². The quantitative estimate of drug-likeness (QED) is 0.689. The van der Waals surface area contributed by atoms with Crippen molar-refractivity contribution in [3.63, 3.8) is 0 Å². The highest BCUT2D eigenvalue weighted by atomic mass is 19.2. The average molecular weight is 281 g/mol. The van der Waals surface area contributed by atoms with Crippen molar-refractivity contribution in [1.29, 1.82) is 0 Å². The largest absolute Gasteiger partial charge is 0.462 e. The third-order valence-corrected chi connectivity index (χ3v) is 2.45. The lowest BCUT2D eigenvalue weighted by atomic mass is 10.2. The Morgan fingerprint density at radius 3 is 2.55 bits per heavy atom. The summed E-state index contributed by atoms with van der Waals surface area (Å²) in [6.07, 6.45) is 2.47. The molecule has 3 nitrogen and oxygen atoms in total. The second-order valence-electron chi connectivity index (χ2n) is 3.99. The van der Waals surface area contributed by atoms with Crippen LogP contribution in [-0.4, -0.2) is 5.91 Å². The van der Waals surface area contributed by atoms with Gasteiger partial charge in [0.05, 0.1) is 5.69 Å². The summed E-state index contributed by atoms with van der Waals surface area (Å²) in [4.78, 5) is 11.5. The molecule has 0 spiro atoms. The van der Waals surface area contributed by atoms with Crippen molar-refractivity contribution in [2.24, 2.45) is 0 Å². The Labute approximate surface area is 112 Å². The lowest BCUT2D eigenvalue weighted by Gasteiger charge is -2.04. The van der Waals surface area contributed by atoms with E-state index in [1.807, 2.05) is 0 Å². The molecule has 0 atom stereocenters. The first kappa shape index (κ1) is 13.9. The Morgan fingerprint density at radius 1 is 1.15 bits per heavy atom. The molecule has 0 aliphatic carbocycles. The number of halogens is 3. The van der Waals surface area contributed by atoms with E-state index in [0.29, 0.717) is 11.5 Å². The van der Waals surface area contributed by atoms with E-state index in [0.717, 1.165) is 18.2 Å². The van der Waals surface area contributed by atoms with Crippen LogP contribution in [0.4, 0.5) is 18.9 Å². The zero-order valence-corrected chi connectivity index (χ0v) is 10.4. The van der Waals surface area contributed by atoms with Crippen molar-refractivity contribution >= 4 is 17.7 Å². The first-order valence-electron chi connectivity index (χ1n) is 5.66. The lowest BCUT2D eigenvalue weighted by Crippen LogP contribution is -2.10. The van der Waals surface area contributed by atoms with Crippen molar-refractivity contribution in [3.05, 3.63) is 59.3 Å². The predicted octanol–water partition coefficient (Wildman–Crippen LogP) is 3.66. The third kappa shape index (κ3) is 3.09. The van der Waals surface area contributed by atoms with E-state index in [9.17, 15) is 18.0 Å². The summed E-state index contributed by atoms with van der Waals surface area (Å²) >= 11 is 0. The van der Waals surface area contributed by atoms with Crippen molar-refractivity contribution in [2.45, 2.75) is 6.92 Å². The summed E-state index contributed by atoms with van der Waals surface area (Å²) in [6.45, 7) is 1.74. The summed E-state index contributed by atoms with van der Waals surface area (Å²) in [6, 6.07) is 5.04. The van der Waals surface area contributed by atoms with Crippen molar-refractivity contribution in [1.82, 2.24) is 0 Å². The maximum Gasteiger partial charge on any atom is 0.248 e. The van der Waals surface area contributed by atoms with Crippen LogP contribution in [0.25, 0.3) is 6.08 Å². The molecule has 2 rings (SSSR count). The number of anilines is 1. The maximum atomic E-state index is 13.3. The molecule has 0 fully saturated rings. The summed E-state index contributed by atoms with van der Waals surface area (Å²) in [5, 5.41) is 2.11. The molecule has 0 saturated heterocycles. The third-order valence-electron chi connectivity index (χ3n) is 2.45. The predicted molar refractivity (Wildman–Crippen MR) is 67.4 cm³/mol. The van der Waals surface area contributed by atoms with Gasteiger partial charge in [0.15, 0.2) is 17.5 Å². The molecule has 1 heterocycles. The van der Waals surface area contributed by atoms with Gasteiger partial charge in [0.25, 0.3) is 0 Å². The van der Waals surface area contributed by atoms with Gasteiger partial charge in [-0.3, -0.25) is 4.79 Å². The number of furan rings is 1. The average Bonchev–Trinajstić information content (AvgIpc) is 2.83. The lowest BCUT2D eigenvalue weighted by molar-refractivity contribution is -0.111. The molecule has 1 amide bonds. The van der Waals surface area contributed by atoms with E-state index in [4.69, 9.17) is 4.42 Å². The summed E-state index contributed by atoms with van der Waals surface area (Å²) in [7, 11) is 0. The van der Waals surface area contributed by atoms with E-state index >= 15 is 0 Å². The number of aryl methyl sites for hydroxylation is 1. The second-order valence-corrected chi connectivity index (χ2v) is 3.99. The molecule has 1 aromatic heterocycles. The molecule has 0 radical (unpaired) electrons. The standard InChI is InChI=1S/C14H10F3NO2/c1-8-2-3-9(20-8)4-7-12(19)18-11-6-5-10(15)13(16)14(11)17/h2-7H,1H3,(H,18,19)/b7-4+. The Morgan fingerprint density at radius 2 is 1.90 bits per heavy atom. The van der Waals surface area contributed by atoms with Crippen molar-refractivity contribution in [3.8, 4) is 0 Å². The summed E-state index contributed by atoms with van der Waals surface area (Å²) in [5.41, 5.74) is -0.436. The number of benzene rings is 1. The highest BCUT2D eigenvalue weighted by molar-refractivity contribution is 6.01. The van der Waals surface area contributed by atoms with Gasteiger partial charge in [0.2, 0.25) is 5.91 Å². The fourth-order valence-electron chi connectivity index (χ4n) is 1.50. The Bertz CT molecular complexity index is 677. The SMILES string of the molecule is Cc1ccc(/C=C/C(=O)Nc2ccc(F)c(F)c2F)o1. The minimum atomic E-state index is -1.63. The zero-order chi connectivity index (χ0) is 14.7. The molecule has 0 unspecified atom stereocenters. The van der Waals surface area contributed by atoms with E-state index in [-0.39, 0.29) is 0 Å². The molecule has 6 heteroatoms. The molecule has 2 aromatic rings. The second kappa shape index (κ2) is 5.64. The number of amides is 1. The number of hydrogen-bond donors (Lipinski definition) is 1. The van der Waals surface area contributed by atoms with Gasteiger partial charge in [0.1, 0.15) is 11.5 Å². The normalized spacial score (nSPS) is 11.0. The van der Waals surface area contributed by atoms with Gasteiger partial charge in [-0.25, -0.2) is 13.2 Å². The van der Waals surface area contributed by atoms with Crippen LogP contribution in [0.3, 0.4) is 0 Å². The topological polar surface area (TPSA) is 42.2 Å². The van der Waals surface area contributed by atoms with Gasteiger partial charge in [0, 0.05) is 6.08 Å². The molecule has 1 N–H and O–H groups in total. The highest BCUT2D eigenvalue weighted by Gasteiger charge is 2.14. The minimum absolute atomic E-state index is 0.436. The summed E-state index contributed by atoms with van der Waals surface area (Å²) < 4.78 is 44.2. The van der Waals surface area contributed by atoms with Gasteiger partial charge < -0.3 is 9.73 Å². The van der Waals surface area contributed by atoms with Crippen LogP contribution in [0.2, 0.25) is 0 Å². The zero-order valence-electron chi connectivity index (χ0n) is 10.4. The van der Waals surface area contributed by atoms with Crippen LogP contribution >= 0.6 is 0 Å². The van der Waals surface area contributed by atoms with Crippen LogP contribution in [0, 0.1) is 24.4 Å². The fourth-order valence-corrected chi connectivity index (χ4v) is 1.50. The highest BCUT2D eigenvalue weighted by Crippen LogP contribution is 2.19. The number of nitrogens with one attached hydrogen (secondary N) is 1. The van der Waals surface area contributed by atoms with Crippen LogP contribution in [0.1, 0.15) is 11.5 Å². The molecular formula is C14H10F3NO2. The molecule has 0 saturated carbocycles. The van der Waals surface area contributed by atoms with Gasteiger partial charge in [-0.2, -0.15) is 0 Å². The molecule has 20 heavy (non-hydrogen) atoms. The molecule has 104 valence electrons. The van der Waals surface area contributed by atoms with Crippen molar-refractivity contribution in [2.75, 3.05) is 5.32 Å². The maximum absolute atomic E-state index is 13.3. The monoisotopic (exact) mass is 281 g/mol. The van der Waals surface area contributed by atoms with Gasteiger partial charge in [-0.1, -0.05) is 0 Å². The van der Waals surface area contributed by atoms with Crippen LogP contribution in [0.5, 0.6) is 0 Å². The molecule has 0 aliphatic rings. The Kier molecular flexibility index (Phi) is 3.93. The molecule has 1 aromatic carbocycles. The number of carbonyl (C=O) groups is 1. The first-order chi connectivity index (χ1) is 9.47. The van der Waals surface area contributed by atoms with Gasteiger partial charge in [-0.15, -0.1) is 0 Å². The van der Waals surface area contributed by atoms with Crippen LogP contribution in [0.15, 0.2) is 34.8 Å². The minimum Gasteiger partial charge on any atom is -0.462 e. The van der Waals surface area contributed by atoms with E-state index < -0.39 is 29.0 Å². The number of rotatable bonds is 3.